The molecule has 1 heterocycles. The number of ether oxygens (including phenoxy) is 2. The van der Waals surface area contributed by atoms with Crippen molar-refractivity contribution in [2.45, 2.75) is 0 Å². The Balaban J connectivity index is 0. The van der Waals surface area contributed by atoms with Gasteiger partial charge < -0.3 is 29.9 Å². The van der Waals surface area contributed by atoms with Crippen LogP contribution in [0.5, 0.6) is 0 Å². The standard InChI is InChI=1S/C10H22N2O2.2C4H4O4/c1-13-9-7-11-3-5-12(6-4-11)8-10-14-2;2*5-3(6)1-2-4(7)8/h3-10H2,1-2H3;2*1-2H,(H,5,6)(H,7,8)/b;2*2-1-. The average Bonchev–Trinajstić information content (AvgIpc) is 2.69. The van der Waals surface area contributed by atoms with Gasteiger partial charge >= 0.3 is 23.9 Å². The molecule has 0 radical (unpaired) electrons. The van der Waals surface area contributed by atoms with Gasteiger partial charge in [0, 0.05) is 77.8 Å². The van der Waals surface area contributed by atoms with E-state index in [1.165, 1.54) is 0 Å². The van der Waals surface area contributed by atoms with E-state index in [-0.39, 0.29) is 0 Å². The van der Waals surface area contributed by atoms with Gasteiger partial charge in [0.1, 0.15) is 0 Å². The predicted octanol–water partition coefficient (Wildman–Crippen LogP) is -0.680. The van der Waals surface area contributed by atoms with Crippen molar-refractivity contribution in [2.75, 3.05) is 66.7 Å². The molecule has 1 aliphatic heterocycles. The molecule has 1 rings (SSSR count). The van der Waals surface area contributed by atoms with Crippen LogP contribution in [0.25, 0.3) is 0 Å². The van der Waals surface area contributed by atoms with Crippen LogP contribution in [0.15, 0.2) is 24.3 Å². The Morgan fingerprint density at radius 2 is 0.867 bits per heavy atom. The molecular formula is C18H30N2O10. The van der Waals surface area contributed by atoms with Crippen molar-refractivity contribution in [1.82, 2.24) is 9.80 Å². The SMILES string of the molecule is COCCN1CCN(CCOC)CC1.O=C(O)/C=C\C(=O)O.O=C(O)/C=C\C(=O)O. The molecule has 0 aliphatic carbocycles. The maximum absolute atomic E-state index is 9.55. The average molecular weight is 434 g/mol. The molecule has 0 amide bonds. The van der Waals surface area contributed by atoms with Crippen LogP contribution in [0.3, 0.4) is 0 Å². The summed E-state index contributed by atoms with van der Waals surface area (Å²) in [5.41, 5.74) is 0. The van der Waals surface area contributed by atoms with Crippen LogP contribution < -0.4 is 0 Å². The lowest BCUT2D eigenvalue weighted by molar-refractivity contribution is -0.134. The van der Waals surface area contributed by atoms with Gasteiger partial charge in [0.15, 0.2) is 0 Å². The lowest BCUT2D eigenvalue weighted by Crippen LogP contribution is -2.48. The summed E-state index contributed by atoms with van der Waals surface area (Å²) in [6.07, 6.45) is 2.23. The summed E-state index contributed by atoms with van der Waals surface area (Å²) >= 11 is 0. The molecule has 1 aliphatic rings. The first-order valence-electron chi connectivity index (χ1n) is 8.82. The molecule has 0 aromatic carbocycles. The second-order valence-electron chi connectivity index (χ2n) is 5.69. The molecule has 0 atom stereocenters. The normalized spacial score (nSPS) is 14.5. The van der Waals surface area contributed by atoms with E-state index >= 15 is 0 Å². The largest absolute Gasteiger partial charge is 0.478 e. The highest BCUT2D eigenvalue weighted by Gasteiger charge is 2.15. The zero-order valence-corrected chi connectivity index (χ0v) is 17.1. The van der Waals surface area contributed by atoms with Gasteiger partial charge in [-0.3, -0.25) is 9.80 Å². The molecule has 0 spiro atoms. The molecule has 12 nitrogen and oxygen atoms in total. The Kier molecular flexibility index (Phi) is 19.1. The molecule has 1 saturated heterocycles. The van der Waals surface area contributed by atoms with Crippen molar-refractivity contribution in [1.29, 1.82) is 0 Å². The van der Waals surface area contributed by atoms with E-state index in [4.69, 9.17) is 29.9 Å². The topological polar surface area (TPSA) is 174 Å². The molecule has 0 bridgehead atoms. The highest BCUT2D eigenvalue weighted by atomic mass is 16.5. The number of carboxylic acids is 4. The molecular weight excluding hydrogens is 404 g/mol. The van der Waals surface area contributed by atoms with Crippen molar-refractivity contribution in [3.05, 3.63) is 24.3 Å². The van der Waals surface area contributed by atoms with E-state index in [1.807, 2.05) is 0 Å². The fourth-order valence-electron chi connectivity index (χ4n) is 1.96. The van der Waals surface area contributed by atoms with Gasteiger partial charge in [-0.1, -0.05) is 0 Å². The summed E-state index contributed by atoms with van der Waals surface area (Å²) in [7, 11) is 3.52. The molecule has 172 valence electrons. The van der Waals surface area contributed by atoms with Gasteiger partial charge in [-0.2, -0.15) is 0 Å². The van der Waals surface area contributed by atoms with Gasteiger partial charge in [0.25, 0.3) is 0 Å². The third kappa shape index (κ3) is 23.2. The summed E-state index contributed by atoms with van der Waals surface area (Å²) in [4.78, 5) is 43.1. The zero-order valence-electron chi connectivity index (χ0n) is 17.1. The smallest absolute Gasteiger partial charge is 0.328 e. The van der Waals surface area contributed by atoms with Crippen molar-refractivity contribution in [3.63, 3.8) is 0 Å². The number of carboxylic acid groups (broad SMARTS) is 4. The van der Waals surface area contributed by atoms with E-state index < -0.39 is 23.9 Å². The van der Waals surface area contributed by atoms with Crippen LogP contribution in [0, 0.1) is 0 Å². The first-order chi connectivity index (χ1) is 14.1. The van der Waals surface area contributed by atoms with Crippen molar-refractivity contribution in [2.24, 2.45) is 0 Å². The summed E-state index contributed by atoms with van der Waals surface area (Å²) in [5, 5.41) is 31.2. The van der Waals surface area contributed by atoms with Gasteiger partial charge in [0.2, 0.25) is 0 Å². The summed E-state index contributed by atoms with van der Waals surface area (Å²) in [5.74, 6) is -5.03. The summed E-state index contributed by atoms with van der Waals surface area (Å²) in [6.45, 7) is 8.46. The predicted molar refractivity (Wildman–Crippen MR) is 105 cm³/mol. The van der Waals surface area contributed by atoms with Crippen molar-refractivity contribution >= 4 is 23.9 Å². The van der Waals surface area contributed by atoms with Crippen molar-refractivity contribution < 1.29 is 49.1 Å². The van der Waals surface area contributed by atoms with Crippen LogP contribution >= 0.6 is 0 Å². The van der Waals surface area contributed by atoms with Gasteiger partial charge in [-0.05, 0) is 0 Å². The number of hydrogen-bond donors (Lipinski definition) is 4. The lowest BCUT2D eigenvalue weighted by Gasteiger charge is -2.34. The minimum absolute atomic E-state index is 0.558. The molecule has 0 aromatic rings. The monoisotopic (exact) mass is 434 g/mol. The van der Waals surface area contributed by atoms with Crippen LogP contribution in [0.1, 0.15) is 0 Å². The van der Waals surface area contributed by atoms with Crippen LogP contribution in [0.2, 0.25) is 0 Å². The third-order valence-electron chi connectivity index (χ3n) is 3.43. The van der Waals surface area contributed by atoms with E-state index in [0.29, 0.717) is 24.3 Å². The van der Waals surface area contributed by atoms with Crippen LogP contribution in [-0.2, 0) is 28.7 Å². The first kappa shape index (κ1) is 29.4. The fraction of sp³-hybridized carbons (Fsp3) is 0.556. The minimum atomic E-state index is -1.26. The quantitative estimate of drug-likeness (QED) is 0.319. The number of methoxy groups -OCH3 is 2. The maximum Gasteiger partial charge on any atom is 0.328 e. The lowest BCUT2D eigenvalue weighted by atomic mass is 10.3. The third-order valence-corrected chi connectivity index (χ3v) is 3.43. The van der Waals surface area contributed by atoms with Crippen LogP contribution in [-0.4, -0.2) is 121 Å². The second-order valence-corrected chi connectivity index (χ2v) is 5.69. The number of hydrogen-bond acceptors (Lipinski definition) is 8. The fourth-order valence-corrected chi connectivity index (χ4v) is 1.96. The Hall–Kier alpha value is -2.80. The Morgan fingerprint density at radius 1 is 0.633 bits per heavy atom. The Labute approximate surface area is 174 Å². The molecule has 4 N–H and O–H groups in total. The van der Waals surface area contributed by atoms with Gasteiger partial charge in [-0.25, -0.2) is 19.2 Å². The van der Waals surface area contributed by atoms with E-state index in [1.54, 1.807) is 14.2 Å². The van der Waals surface area contributed by atoms with E-state index in [9.17, 15) is 19.2 Å². The Morgan fingerprint density at radius 3 is 1.03 bits per heavy atom. The molecule has 0 saturated carbocycles. The number of piperazine rings is 1. The summed E-state index contributed by atoms with van der Waals surface area (Å²) in [6, 6.07) is 0. The Bertz CT molecular complexity index is 487. The van der Waals surface area contributed by atoms with E-state index in [0.717, 1.165) is 52.5 Å². The first-order valence-corrected chi connectivity index (χ1v) is 8.82. The molecule has 12 heteroatoms. The highest BCUT2D eigenvalue weighted by Crippen LogP contribution is 2.00. The summed E-state index contributed by atoms with van der Waals surface area (Å²) < 4.78 is 10.1. The van der Waals surface area contributed by atoms with Crippen LogP contribution in [0.4, 0.5) is 0 Å². The molecule has 1 fully saturated rings. The number of aliphatic carboxylic acids is 4. The maximum atomic E-state index is 9.55. The minimum Gasteiger partial charge on any atom is -0.478 e. The van der Waals surface area contributed by atoms with Gasteiger partial charge in [0.05, 0.1) is 13.2 Å². The van der Waals surface area contributed by atoms with Gasteiger partial charge in [-0.15, -0.1) is 0 Å². The van der Waals surface area contributed by atoms with E-state index in [2.05, 4.69) is 9.80 Å². The number of nitrogens with zero attached hydrogens (tertiary/aromatic N) is 2. The highest BCUT2D eigenvalue weighted by molar-refractivity contribution is 5.90. The number of rotatable bonds is 10. The molecule has 0 unspecified atom stereocenters. The number of carbonyl (C=O) groups is 4. The zero-order chi connectivity index (χ0) is 23.4. The van der Waals surface area contributed by atoms with Crippen molar-refractivity contribution in [3.8, 4) is 0 Å². The second kappa shape index (κ2) is 19.5. The molecule has 30 heavy (non-hydrogen) atoms. The molecule has 0 aromatic heterocycles.